The van der Waals surface area contributed by atoms with Crippen molar-refractivity contribution in [1.29, 1.82) is 0 Å². The van der Waals surface area contributed by atoms with Gasteiger partial charge in [-0.3, -0.25) is 4.79 Å². The standard InChI is InChI=1S/C23H20F2N8O/c1-4-17(34)32-8-7-14(10-32)33-23-18(22(26)27-11-28-23)15(30-33)6-5-13-9-16-21(20(25)19(13)24)31(3)12(2)29-16/h4,9,11,14H,1,7-8,10H2,2-3H3,(H2,26,27,28). The number of nitrogens with zero attached hydrogens (tertiary/aromatic N) is 7. The number of hydrogen-bond donors (Lipinski definition) is 1. The van der Waals surface area contributed by atoms with Crippen molar-refractivity contribution in [2.24, 2.45) is 7.05 Å². The van der Waals surface area contributed by atoms with Crippen LogP contribution in [0.5, 0.6) is 0 Å². The Labute approximate surface area is 192 Å². The number of aryl methyl sites for hydroxylation is 2. The minimum absolute atomic E-state index is 0.0766. The highest BCUT2D eigenvalue weighted by molar-refractivity contribution is 5.91. The second-order valence-corrected chi connectivity index (χ2v) is 8.07. The van der Waals surface area contributed by atoms with Crippen LogP contribution in [0.25, 0.3) is 22.1 Å². The van der Waals surface area contributed by atoms with E-state index in [-0.39, 0.29) is 34.5 Å². The zero-order valence-corrected chi connectivity index (χ0v) is 18.5. The van der Waals surface area contributed by atoms with Gasteiger partial charge in [0.2, 0.25) is 5.91 Å². The SMILES string of the molecule is C=CC(=O)N1CCC(n2nc(C#Cc3cc4nc(C)n(C)c4c(F)c3F)c3c(N)ncnc32)C1. The Hall–Kier alpha value is -4.33. The van der Waals surface area contributed by atoms with Crippen LogP contribution in [0.1, 0.15) is 29.5 Å². The molecule has 5 rings (SSSR count). The molecule has 4 heterocycles. The molecule has 2 N–H and O–H groups in total. The predicted octanol–water partition coefficient (Wildman–Crippen LogP) is 2.24. The van der Waals surface area contributed by atoms with Crippen molar-refractivity contribution in [2.45, 2.75) is 19.4 Å². The number of rotatable bonds is 2. The van der Waals surface area contributed by atoms with E-state index in [0.29, 0.717) is 41.9 Å². The molecule has 0 aliphatic carbocycles. The predicted molar refractivity (Wildman–Crippen MR) is 122 cm³/mol. The van der Waals surface area contributed by atoms with Crippen molar-refractivity contribution in [3.05, 3.63) is 53.8 Å². The van der Waals surface area contributed by atoms with E-state index in [2.05, 4.69) is 38.5 Å². The lowest BCUT2D eigenvalue weighted by molar-refractivity contribution is -0.125. The van der Waals surface area contributed by atoms with E-state index >= 15 is 0 Å². The van der Waals surface area contributed by atoms with Crippen molar-refractivity contribution in [1.82, 2.24) is 34.2 Å². The summed E-state index contributed by atoms with van der Waals surface area (Å²) in [6.07, 6.45) is 3.25. The summed E-state index contributed by atoms with van der Waals surface area (Å²) in [6, 6.07) is 1.25. The number of carbonyl (C=O) groups excluding carboxylic acids is 1. The topological polar surface area (TPSA) is 108 Å². The van der Waals surface area contributed by atoms with Gasteiger partial charge in [0, 0.05) is 20.1 Å². The molecule has 1 unspecified atom stereocenters. The third-order valence-electron chi connectivity index (χ3n) is 6.09. The van der Waals surface area contributed by atoms with Gasteiger partial charge in [-0.15, -0.1) is 0 Å². The maximum atomic E-state index is 14.8. The number of benzene rings is 1. The van der Waals surface area contributed by atoms with Gasteiger partial charge in [-0.1, -0.05) is 12.5 Å². The van der Waals surface area contributed by atoms with Gasteiger partial charge in [0.1, 0.15) is 29.2 Å². The lowest BCUT2D eigenvalue weighted by Gasteiger charge is -2.14. The van der Waals surface area contributed by atoms with Crippen molar-refractivity contribution in [2.75, 3.05) is 18.8 Å². The van der Waals surface area contributed by atoms with Crippen LogP contribution in [0, 0.1) is 30.4 Å². The molecule has 1 fully saturated rings. The summed E-state index contributed by atoms with van der Waals surface area (Å²) >= 11 is 0. The Kier molecular flexibility index (Phi) is 5.01. The van der Waals surface area contributed by atoms with Gasteiger partial charge in [-0.2, -0.15) is 5.10 Å². The molecule has 1 aliphatic rings. The molecule has 34 heavy (non-hydrogen) atoms. The van der Waals surface area contributed by atoms with Crippen LogP contribution in [0.2, 0.25) is 0 Å². The van der Waals surface area contributed by atoms with Crippen molar-refractivity contribution in [3.8, 4) is 11.8 Å². The number of nitrogen functional groups attached to an aromatic ring is 1. The first-order chi connectivity index (χ1) is 16.3. The van der Waals surface area contributed by atoms with Gasteiger partial charge in [-0.05, 0) is 31.4 Å². The van der Waals surface area contributed by atoms with E-state index in [4.69, 9.17) is 5.73 Å². The van der Waals surface area contributed by atoms with E-state index in [1.807, 2.05) is 0 Å². The number of fused-ring (bicyclic) bond motifs is 2. The average Bonchev–Trinajstić information content (AvgIpc) is 3.52. The number of halogens is 2. The zero-order chi connectivity index (χ0) is 24.1. The van der Waals surface area contributed by atoms with Gasteiger partial charge in [0.05, 0.1) is 22.5 Å². The molecule has 1 atom stereocenters. The lowest BCUT2D eigenvalue weighted by atomic mass is 10.1. The number of amides is 1. The fraction of sp³-hybridized carbons (Fsp3) is 0.261. The van der Waals surface area contributed by atoms with E-state index in [0.717, 1.165) is 0 Å². The third kappa shape index (κ3) is 3.26. The van der Waals surface area contributed by atoms with Crippen molar-refractivity contribution in [3.63, 3.8) is 0 Å². The fourth-order valence-corrected chi connectivity index (χ4v) is 4.24. The molecule has 172 valence electrons. The van der Waals surface area contributed by atoms with Crippen LogP contribution in [-0.2, 0) is 11.8 Å². The molecule has 1 aromatic carbocycles. The zero-order valence-electron chi connectivity index (χ0n) is 18.5. The number of likely N-dealkylation sites (tertiary alicyclic amines) is 1. The second-order valence-electron chi connectivity index (χ2n) is 8.07. The van der Waals surface area contributed by atoms with Gasteiger partial charge in [0.25, 0.3) is 0 Å². The van der Waals surface area contributed by atoms with E-state index < -0.39 is 11.6 Å². The molecule has 1 saturated heterocycles. The largest absolute Gasteiger partial charge is 0.383 e. The molecule has 11 heteroatoms. The summed E-state index contributed by atoms with van der Waals surface area (Å²) in [5, 5.41) is 4.98. The molecular weight excluding hydrogens is 442 g/mol. The van der Waals surface area contributed by atoms with Gasteiger partial charge in [-0.25, -0.2) is 28.4 Å². The highest BCUT2D eigenvalue weighted by Crippen LogP contribution is 2.29. The number of anilines is 1. The summed E-state index contributed by atoms with van der Waals surface area (Å²) < 4.78 is 32.6. The maximum absolute atomic E-state index is 14.8. The smallest absolute Gasteiger partial charge is 0.246 e. The Bertz CT molecular complexity index is 1560. The van der Waals surface area contributed by atoms with Gasteiger partial charge < -0.3 is 15.2 Å². The first-order valence-electron chi connectivity index (χ1n) is 10.5. The molecule has 9 nitrogen and oxygen atoms in total. The Morgan fingerprint density at radius 2 is 2.09 bits per heavy atom. The Morgan fingerprint density at radius 3 is 2.85 bits per heavy atom. The Morgan fingerprint density at radius 1 is 1.29 bits per heavy atom. The molecule has 3 aromatic heterocycles. The third-order valence-corrected chi connectivity index (χ3v) is 6.09. The number of nitrogens with two attached hydrogens (primary N) is 1. The fourth-order valence-electron chi connectivity index (χ4n) is 4.24. The molecule has 0 spiro atoms. The average molecular weight is 462 g/mol. The van der Waals surface area contributed by atoms with E-state index in [1.54, 1.807) is 23.6 Å². The van der Waals surface area contributed by atoms with E-state index in [1.165, 1.54) is 23.0 Å². The molecule has 1 aliphatic heterocycles. The van der Waals surface area contributed by atoms with Crippen LogP contribution in [0.3, 0.4) is 0 Å². The molecule has 0 radical (unpaired) electrons. The number of aromatic nitrogens is 6. The van der Waals surface area contributed by atoms with Gasteiger partial charge >= 0.3 is 0 Å². The minimum Gasteiger partial charge on any atom is -0.383 e. The number of imidazole rings is 1. The number of hydrogen-bond acceptors (Lipinski definition) is 6. The first kappa shape index (κ1) is 21.5. The van der Waals surface area contributed by atoms with E-state index in [9.17, 15) is 13.6 Å². The van der Waals surface area contributed by atoms with Crippen LogP contribution in [0.4, 0.5) is 14.6 Å². The van der Waals surface area contributed by atoms with Crippen molar-refractivity contribution < 1.29 is 13.6 Å². The maximum Gasteiger partial charge on any atom is 0.246 e. The lowest BCUT2D eigenvalue weighted by Crippen LogP contribution is -2.27. The van der Waals surface area contributed by atoms with Gasteiger partial charge in [0.15, 0.2) is 17.3 Å². The van der Waals surface area contributed by atoms with Crippen LogP contribution >= 0.6 is 0 Å². The summed E-state index contributed by atoms with van der Waals surface area (Å²) in [7, 11) is 1.62. The molecule has 0 bridgehead atoms. The second kappa shape index (κ2) is 7.91. The summed E-state index contributed by atoms with van der Waals surface area (Å²) in [4.78, 5) is 26.3. The molecular formula is C23H20F2N8O. The van der Waals surface area contributed by atoms with Crippen LogP contribution < -0.4 is 5.73 Å². The monoisotopic (exact) mass is 462 g/mol. The minimum atomic E-state index is -1.06. The highest BCUT2D eigenvalue weighted by Gasteiger charge is 2.29. The van der Waals surface area contributed by atoms with Crippen LogP contribution in [-0.4, -0.2) is 53.2 Å². The Balaban J connectivity index is 1.60. The first-order valence-corrected chi connectivity index (χ1v) is 10.5. The number of carbonyl (C=O) groups is 1. The quantitative estimate of drug-likeness (QED) is 0.362. The van der Waals surface area contributed by atoms with Crippen LogP contribution in [0.15, 0.2) is 25.0 Å². The molecule has 0 saturated carbocycles. The summed E-state index contributed by atoms with van der Waals surface area (Å²) in [5.41, 5.74) is 7.01. The van der Waals surface area contributed by atoms with Crippen molar-refractivity contribution >= 4 is 33.8 Å². The highest BCUT2D eigenvalue weighted by atomic mass is 19.2. The molecule has 1 amide bonds. The normalized spacial score (nSPS) is 15.6. The molecule has 4 aromatic rings. The summed E-state index contributed by atoms with van der Waals surface area (Å²) in [5.74, 6) is 3.96. The summed E-state index contributed by atoms with van der Waals surface area (Å²) in [6.45, 7) is 6.21.